The molecule has 196 valence electrons. The third kappa shape index (κ3) is 5.41. The number of methoxy groups -OCH3 is 1. The molecule has 3 heterocycles. The fourth-order valence-electron chi connectivity index (χ4n) is 4.49. The second kappa shape index (κ2) is 11.0. The quantitative estimate of drug-likeness (QED) is 0.273. The molecule has 1 unspecified atom stereocenters. The molecule has 0 bridgehead atoms. The Hall–Kier alpha value is -3.99. The summed E-state index contributed by atoms with van der Waals surface area (Å²) < 4.78 is 8.51. The first-order chi connectivity index (χ1) is 17.7. The van der Waals surface area contributed by atoms with E-state index in [9.17, 15) is 19.2 Å². The van der Waals surface area contributed by atoms with Gasteiger partial charge >= 0.3 is 11.7 Å². The number of carbonyl (C=O) groups excluding carboxylic acids is 2. The summed E-state index contributed by atoms with van der Waals surface area (Å²) in [7, 11) is 1.22. The standard InChI is InChI=1S/C26H32N6O5/c1-17(2)11-13-30-22-23(28-25(30)29-12-7-10-19(27)14-29)31(16-21(34)37-3)26(36)32(24(22)35)15-20(33)18-8-5-4-6-9-18/h4-6,8-9,11,19H,7,10,12-16,27H2,1-3H3. The Labute approximate surface area is 213 Å². The summed E-state index contributed by atoms with van der Waals surface area (Å²) in [5, 5.41) is 0. The molecule has 1 aromatic carbocycles. The maximum absolute atomic E-state index is 13.8. The van der Waals surface area contributed by atoms with Crippen molar-refractivity contribution in [1.82, 2.24) is 18.7 Å². The third-order valence-corrected chi connectivity index (χ3v) is 6.43. The van der Waals surface area contributed by atoms with Crippen LogP contribution in [0.3, 0.4) is 0 Å². The van der Waals surface area contributed by atoms with Crippen LogP contribution in [0, 0.1) is 0 Å². The Morgan fingerprint density at radius 3 is 2.49 bits per heavy atom. The fraction of sp³-hybridized carbons (Fsp3) is 0.423. The molecule has 1 atom stereocenters. The lowest BCUT2D eigenvalue weighted by atomic mass is 10.1. The van der Waals surface area contributed by atoms with E-state index in [4.69, 9.17) is 15.5 Å². The van der Waals surface area contributed by atoms with Crippen molar-refractivity contribution in [2.24, 2.45) is 5.73 Å². The van der Waals surface area contributed by atoms with Crippen LogP contribution in [0.5, 0.6) is 0 Å². The van der Waals surface area contributed by atoms with Gasteiger partial charge in [-0.3, -0.25) is 23.5 Å². The number of Topliss-reactive ketones (excluding diaryl/α,β-unsaturated/α-hetero) is 1. The molecule has 0 saturated carbocycles. The van der Waals surface area contributed by atoms with Gasteiger partial charge in [0.1, 0.15) is 6.54 Å². The van der Waals surface area contributed by atoms with Gasteiger partial charge < -0.3 is 19.9 Å². The van der Waals surface area contributed by atoms with Gasteiger partial charge in [0, 0.05) is 31.2 Å². The Morgan fingerprint density at radius 2 is 1.84 bits per heavy atom. The van der Waals surface area contributed by atoms with E-state index in [1.54, 1.807) is 34.9 Å². The van der Waals surface area contributed by atoms with Crippen LogP contribution in [-0.2, 0) is 29.2 Å². The van der Waals surface area contributed by atoms with Gasteiger partial charge in [-0.25, -0.2) is 4.79 Å². The molecule has 37 heavy (non-hydrogen) atoms. The number of ketones is 1. The molecule has 0 radical (unpaired) electrons. The topological polar surface area (TPSA) is 134 Å². The smallest absolute Gasteiger partial charge is 0.333 e. The van der Waals surface area contributed by atoms with Crippen molar-refractivity contribution in [3.8, 4) is 0 Å². The first-order valence-corrected chi connectivity index (χ1v) is 12.2. The highest BCUT2D eigenvalue weighted by Gasteiger charge is 2.28. The van der Waals surface area contributed by atoms with E-state index in [1.165, 1.54) is 7.11 Å². The van der Waals surface area contributed by atoms with E-state index in [1.807, 2.05) is 24.8 Å². The molecule has 1 aliphatic heterocycles. The van der Waals surface area contributed by atoms with Gasteiger partial charge in [0.15, 0.2) is 16.9 Å². The van der Waals surface area contributed by atoms with Crippen molar-refractivity contribution >= 4 is 28.9 Å². The molecule has 11 heteroatoms. The summed E-state index contributed by atoms with van der Waals surface area (Å²) in [6, 6.07) is 8.37. The number of ether oxygens (including phenoxy) is 1. The predicted octanol–water partition coefficient (Wildman–Crippen LogP) is 1.31. The van der Waals surface area contributed by atoms with E-state index >= 15 is 0 Å². The van der Waals surface area contributed by atoms with Crippen LogP contribution in [0.2, 0.25) is 0 Å². The highest BCUT2D eigenvalue weighted by molar-refractivity contribution is 5.96. The highest BCUT2D eigenvalue weighted by Crippen LogP contribution is 2.23. The van der Waals surface area contributed by atoms with Crippen LogP contribution in [0.25, 0.3) is 11.2 Å². The summed E-state index contributed by atoms with van der Waals surface area (Å²) in [6.07, 6.45) is 3.69. The van der Waals surface area contributed by atoms with E-state index in [-0.39, 0.29) is 17.2 Å². The summed E-state index contributed by atoms with van der Waals surface area (Å²) in [4.78, 5) is 59.3. The molecular weight excluding hydrogens is 476 g/mol. The number of nitrogens with two attached hydrogens (primary N) is 1. The summed E-state index contributed by atoms with van der Waals surface area (Å²) in [5.41, 5.74) is 6.38. The molecule has 1 fully saturated rings. The number of allylic oxidation sites excluding steroid dienone is 2. The summed E-state index contributed by atoms with van der Waals surface area (Å²) in [6.45, 7) is 4.51. The lowest BCUT2D eigenvalue weighted by Gasteiger charge is -2.31. The maximum Gasteiger partial charge on any atom is 0.333 e. The molecule has 0 spiro atoms. The van der Waals surface area contributed by atoms with E-state index in [0.717, 1.165) is 27.5 Å². The van der Waals surface area contributed by atoms with Crippen LogP contribution in [0.4, 0.5) is 5.95 Å². The van der Waals surface area contributed by atoms with E-state index in [0.29, 0.717) is 31.1 Å². The largest absolute Gasteiger partial charge is 0.468 e. The van der Waals surface area contributed by atoms with Gasteiger partial charge in [0.2, 0.25) is 5.95 Å². The highest BCUT2D eigenvalue weighted by atomic mass is 16.5. The van der Waals surface area contributed by atoms with E-state index < -0.39 is 36.1 Å². The molecule has 1 saturated heterocycles. The normalized spacial score (nSPS) is 15.6. The Morgan fingerprint density at radius 1 is 1.11 bits per heavy atom. The monoisotopic (exact) mass is 508 g/mol. The zero-order valence-electron chi connectivity index (χ0n) is 21.3. The third-order valence-electron chi connectivity index (χ3n) is 6.43. The van der Waals surface area contributed by atoms with Gasteiger partial charge in [0.05, 0.1) is 13.7 Å². The number of anilines is 1. The molecule has 0 aliphatic carbocycles. The van der Waals surface area contributed by atoms with E-state index in [2.05, 4.69) is 0 Å². The number of esters is 1. The second-order valence-corrected chi connectivity index (χ2v) is 9.45. The van der Waals surface area contributed by atoms with Gasteiger partial charge in [-0.2, -0.15) is 4.98 Å². The summed E-state index contributed by atoms with van der Waals surface area (Å²) >= 11 is 0. The van der Waals surface area contributed by atoms with Gasteiger partial charge in [-0.05, 0) is 26.7 Å². The number of piperidine rings is 1. The zero-order valence-corrected chi connectivity index (χ0v) is 21.3. The predicted molar refractivity (Wildman–Crippen MR) is 140 cm³/mol. The first kappa shape index (κ1) is 26.1. The number of benzene rings is 1. The van der Waals surface area contributed by atoms with Crippen LogP contribution < -0.4 is 21.9 Å². The van der Waals surface area contributed by atoms with Gasteiger partial charge in [-0.1, -0.05) is 42.0 Å². The second-order valence-electron chi connectivity index (χ2n) is 9.45. The Bertz CT molecular complexity index is 1460. The molecule has 2 aromatic heterocycles. The Balaban J connectivity index is 1.97. The van der Waals surface area contributed by atoms with Crippen LogP contribution in [0.1, 0.15) is 37.0 Å². The van der Waals surface area contributed by atoms with Gasteiger partial charge in [0.25, 0.3) is 5.56 Å². The maximum atomic E-state index is 13.8. The SMILES string of the molecule is COC(=O)Cn1c(=O)n(CC(=O)c2ccccc2)c(=O)c2c1nc(N1CCCC(N)C1)n2CC=C(C)C. The van der Waals surface area contributed by atoms with Crippen LogP contribution in [0.15, 0.2) is 51.6 Å². The lowest BCUT2D eigenvalue weighted by Crippen LogP contribution is -2.44. The Kier molecular flexibility index (Phi) is 7.72. The minimum atomic E-state index is -0.805. The van der Waals surface area contributed by atoms with Crippen molar-refractivity contribution < 1.29 is 14.3 Å². The van der Waals surface area contributed by atoms with Crippen molar-refractivity contribution in [3.63, 3.8) is 0 Å². The molecule has 4 rings (SSSR count). The lowest BCUT2D eigenvalue weighted by molar-refractivity contribution is -0.141. The molecule has 1 aliphatic rings. The van der Waals surface area contributed by atoms with Crippen LogP contribution in [-0.4, -0.2) is 56.7 Å². The molecule has 2 N–H and O–H groups in total. The number of fused-ring (bicyclic) bond motifs is 1. The van der Waals surface area contributed by atoms with Crippen molar-refractivity contribution in [2.45, 2.75) is 52.4 Å². The van der Waals surface area contributed by atoms with Crippen molar-refractivity contribution in [2.75, 3.05) is 25.1 Å². The van der Waals surface area contributed by atoms with Crippen LogP contribution >= 0.6 is 0 Å². The van der Waals surface area contributed by atoms with Crippen molar-refractivity contribution in [1.29, 1.82) is 0 Å². The number of rotatable bonds is 8. The zero-order chi connectivity index (χ0) is 26.7. The van der Waals surface area contributed by atoms with Crippen molar-refractivity contribution in [3.05, 3.63) is 68.4 Å². The average molecular weight is 509 g/mol. The number of carbonyl (C=O) groups is 2. The molecule has 3 aromatic rings. The fourth-order valence-corrected chi connectivity index (χ4v) is 4.49. The first-order valence-electron chi connectivity index (χ1n) is 12.2. The number of hydrogen-bond donors (Lipinski definition) is 1. The molecule has 0 amide bonds. The number of aromatic nitrogens is 4. The number of hydrogen-bond acceptors (Lipinski definition) is 8. The summed E-state index contributed by atoms with van der Waals surface area (Å²) in [5.74, 6) is -0.588. The molecule has 11 nitrogen and oxygen atoms in total. The van der Waals surface area contributed by atoms with Gasteiger partial charge in [-0.15, -0.1) is 0 Å². The average Bonchev–Trinajstić information content (AvgIpc) is 3.27. The minimum Gasteiger partial charge on any atom is -0.468 e. The minimum absolute atomic E-state index is 0.0529. The number of nitrogens with zero attached hydrogens (tertiary/aromatic N) is 5. The number of imidazole rings is 1. The molecular formula is C26H32N6O5.